The van der Waals surface area contributed by atoms with Crippen LogP contribution in [-0.2, 0) is 0 Å². The van der Waals surface area contributed by atoms with Gasteiger partial charge in [0.1, 0.15) is 0 Å². The van der Waals surface area contributed by atoms with Crippen molar-refractivity contribution in [2.45, 2.75) is 39.7 Å². The van der Waals surface area contributed by atoms with Gasteiger partial charge in [-0.15, -0.1) is 0 Å². The quantitative estimate of drug-likeness (QED) is 0.829. The van der Waals surface area contributed by atoms with Crippen molar-refractivity contribution in [3.05, 3.63) is 29.3 Å². The van der Waals surface area contributed by atoms with E-state index >= 15 is 0 Å². The predicted octanol–water partition coefficient (Wildman–Crippen LogP) is 3.13. The fraction of sp³-hybridized carbons (Fsp3) is 0.625. The summed E-state index contributed by atoms with van der Waals surface area (Å²) in [6.45, 7) is 8.80. The molecule has 0 spiro atoms. The Kier molecular flexibility index (Phi) is 4.28. The molecule has 0 aromatic heterocycles. The monoisotopic (exact) mass is 246 g/mol. The summed E-state index contributed by atoms with van der Waals surface area (Å²) < 4.78 is 0. The van der Waals surface area contributed by atoms with E-state index in [9.17, 15) is 0 Å². The Balaban J connectivity index is 1.81. The van der Waals surface area contributed by atoms with Crippen LogP contribution in [0.5, 0.6) is 0 Å². The van der Waals surface area contributed by atoms with Crippen molar-refractivity contribution in [1.29, 1.82) is 0 Å². The van der Waals surface area contributed by atoms with Crippen molar-refractivity contribution < 1.29 is 0 Å². The zero-order chi connectivity index (χ0) is 13.1. The Hall–Kier alpha value is -1.02. The number of aryl methyl sites for hydroxylation is 2. The number of nitrogens with zero attached hydrogens (tertiary/aromatic N) is 1. The molecule has 0 radical (unpaired) electrons. The third-order valence-corrected chi connectivity index (χ3v) is 4.01. The topological polar surface area (TPSA) is 15.3 Å². The van der Waals surface area contributed by atoms with Crippen molar-refractivity contribution in [2.75, 3.05) is 25.0 Å². The maximum absolute atomic E-state index is 3.63. The van der Waals surface area contributed by atoms with E-state index in [1.54, 1.807) is 0 Å². The molecule has 1 aliphatic carbocycles. The zero-order valence-corrected chi connectivity index (χ0v) is 12.2. The summed E-state index contributed by atoms with van der Waals surface area (Å²) in [6, 6.07) is 7.37. The lowest BCUT2D eigenvalue weighted by Gasteiger charge is -2.23. The van der Waals surface area contributed by atoms with Crippen molar-refractivity contribution in [2.24, 2.45) is 5.92 Å². The number of anilines is 1. The van der Waals surface area contributed by atoms with Crippen LogP contribution in [-0.4, -0.2) is 26.2 Å². The molecule has 2 nitrogen and oxygen atoms in total. The van der Waals surface area contributed by atoms with E-state index in [0.29, 0.717) is 6.04 Å². The van der Waals surface area contributed by atoms with Crippen LogP contribution in [0.3, 0.4) is 0 Å². The first-order valence-corrected chi connectivity index (χ1v) is 7.09. The van der Waals surface area contributed by atoms with Gasteiger partial charge in [0.15, 0.2) is 0 Å². The van der Waals surface area contributed by atoms with Gasteiger partial charge in [0.25, 0.3) is 0 Å². The van der Waals surface area contributed by atoms with E-state index < -0.39 is 0 Å². The van der Waals surface area contributed by atoms with E-state index in [1.165, 1.54) is 29.7 Å². The highest BCUT2D eigenvalue weighted by molar-refractivity contribution is 5.53. The molecule has 0 aliphatic heterocycles. The lowest BCUT2D eigenvalue weighted by atomic mass is 10.1. The molecule has 2 heteroatoms. The van der Waals surface area contributed by atoms with Crippen LogP contribution in [0.2, 0.25) is 0 Å². The standard InChI is InChI=1S/C16H26N2/c1-12-5-8-16(13(2)11-12)18(4)10-9-17-14(3)15-6-7-15/h5,8,11,14-15,17H,6-7,9-10H2,1-4H3. The highest BCUT2D eigenvalue weighted by atomic mass is 15.1. The van der Waals surface area contributed by atoms with Gasteiger partial charge in [-0.05, 0) is 51.2 Å². The molecule has 1 aromatic carbocycles. The highest BCUT2D eigenvalue weighted by Gasteiger charge is 2.27. The number of benzene rings is 1. The lowest BCUT2D eigenvalue weighted by molar-refractivity contribution is 0.501. The Morgan fingerprint density at radius 3 is 2.67 bits per heavy atom. The van der Waals surface area contributed by atoms with Crippen LogP contribution in [0.4, 0.5) is 5.69 Å². The van der Waals surface area contributed by atoms with Gasteiger partial charge in [0.2, 0.25) is 0 Å². The zero-order valence-electron chi connectivity index (χ0n) is 12.2. The van der Waals surface area contributed by atoms with Gasteiger partial charge in [-0.2, -0.15) is 0 Å². The van der Waals surface area contributed by atoms with Gasteiger partial charge in [0.05, 0.1) is 0 Å². The minimum absolute atomic E-state index is 0.692. The molecule has 1 atom stereocenters. The summed E-state index contributed by atoms with van der Waals surface area (Å²) in [4.78, 5) is 2.35. The lowest BCUT2D eigenvalue weighted by Crippen LogP contribution is -2.35. The van der Waals surface area contributed by atoms with Crippen LogP contribution in [0.15, 0.2) is 18.2 Å². The van der Waals surface area contributed by atoms with Crippen LogP contribution in [0.25, 0.3) is 0 Å². The number of nitrogens with one attached hydrogen (secondary N) is 1. The van der Waals surface area contributed by atoms with Crippen LogP contribution in [0, 0.1) is 19.8 Å². The third-order valence-electron chi connectivity index (χ3n) is 4.01. The fourth-order valence-electron chi connectivity index (χ4n) is 2.58. The molecular formula is C16H26N2. The van der Waals surface area contributed by atoms with Gasteiger partial charge in [-0.25, -0.2) is 0 Å². The fourth-order valence-corrected chi connectivity index (χ4v) is 2.58. The SMILES string of the molecule is Cc1ccc(N(C)CCNC(C)C2CC2)c(C)c1. The molecule has 100 valence electrons. The molecule has 0 heterocycles. The van der Waals surface area contributed by atoms with Gasteiger partial charge in [-0.1, -0.05) is 17.7 Å². The van der Waals surface area contributed by atoms with Crippen molar-refractivity contribution in [3.63, 3.8) is 0 Å². The second-order valence-corrected chi connectivity index (χ2v) is 5.79. The van der Waals surface area contributed by atoms with Crippen molar-refractivity contribution in [1.82, 2.24) is 5.32 Å². The van der Waals surface area contributed by atoms with Gasteiger partial charge < -0.3 is 10.2 Å². The third kappa shape index (κ3) is 3.49. The number of hydrogen-bond donors (Lipinski definition) is 1. The summed E-state index contributed by atoms with van der Waals surface area (Å²) in [5, 5.41) is 3.63. The summed E-state index contributed by atoms with van der Waals surface area (Å²) in [5.41, 5.74) is 4.05. The molecule has 1 aromatic rings. The number of hydrogen-bond acceptors (Lipinski definition) is 2. The van der Waals surface area contributed by atoms with E-state index in [0.717, 1.165) is 19.0 Å². The Bertz CT molecular complexity index is 396. The number of rotatable bonds is 6. The minimum Gasteiger partial charge on any atom is -0.373 e. The predicted molar refractivity (Wildman–Crippen MR) is 79.4 cm³/mol. The van der Waals surface area contributed by atoms with Gasteiger partial charge in [-0.3, -0.25) is 0 Å². The number of likely N-dealkylation sites (N-methyl/N-ethyl adjacent to an activating group) is 1. The molecule has 2 rings (SSSR count). The largest absolute Gasteiger partial charge is 0.373 e. The molecule has 0 bridgehead atoms. The smallest absolute Gasteiger partial charge is 0.0393 e. The molecule has 1 fully saturated rings. The van der Waals surface area contributed by atoms with Gasteiger partial charge in [0, 0.05) is 31.9 Å². The Morgan fingerprint density at radius 1 is 1.33 bits per heavy atom. The van der Waals surface area contributed by atoms with Crippen LogP contribution < -0.4 is 10.2 Å². The van der Waals surface area contributed by atoms with E-state index in [1.807, 2.05) is 0 Å². The Labute approximate surface area is 111 Å². The van der Waals surface area contributed by atoms with Gasteiger partial charge >= 0.3 is 0 Å². The second kappa shape index (κ2) is 5.75. The van der Waals surface area contributed by atoms with E-state index in [-0.39, 0.29) is 0 Å². The van der Waals surface area contributed by atoms with Crippen LogP contribution in [0.1, 0.15) is 30.9 Å². The normalized spacial score (nSPS) is 16.7. The molecule has 1 unspecified atom stereocenters. The van der Waals surface area contributed by atoms with Crippen molar-refractivity contribution >= 4 is 5.69 Å². The summed E-state index contributed by atoms with van der Waals surface area (Å²) in [7, 11) is 2.18. The molecule has 1 saturated carbocycles. The minimum atomic E-state index is 0.692. The maximum atomic E-state index is 3.63. The van der Waals surface area contributed by atoms with Crippen LogP contribution >= 0.6 is 0 Å². The summed E-state index contributed by atoms with van der Waals surface area (Å²) in [5.74, 6) is 0.941. The molecular weight excluding hydrogens is 220 g/mol. The first-order valence-electron chi connectivity index (χ1n) is 7.09. The Morgan fingerprint density at radius 2 is 2.06 bits per heavy atom. The highest BCUT2D eigenvalue weighted by Crippen LogP contribution is 2.32. The molecule has 0 saturated heterocycles. The van der Waals surface area contributed by atoms with Crippen molar-refractivity contribution in [3.8, 4) is 0 Å². The van der Waals surface area contributed by atoms with E-state index in [2.05, 4.69) is 56.2 Å². The molecule has 0 amide bonds. The summed E-state index contributed by atoms with van der Waals surface area (Å²) in [6.07, 6.45) is 2.84. The summed E-state index contributed by atoms with van der Waals surface area (Å²) >= 11 is 0. The first kappa shape index (κ1) is 13.4. The maximum Gasteiger partial charge on any atom is 0.0393 e. The second-order valence-electron chi connectivity index (χ2n) is 5.79. The average Bonchev–Trinajstić information content (AvgIpc) is 3.12. The average molecular weight is 246 g/mol. The molecule has 18 heavy (non-hydrogen) atoms. The van der Waals surface area contributed by atoms with E-state index in [4.69, 9.17) is 0 Å². The molecule has 1 N–H and O–H groups in total. The first-order chi connectivity index (χ1) is 8.58. The molecule has 1 aliphatic rings.